The number of aliphatic carboxylic acids is 1. The van der Waals surface area contributed by atoms with Crippen LogP contribution in [0.2, 0.25) is 0 Å². The van der Waals surface area contributed by atoms with Gasteiger partial charge in [-0.05, 0) is 19.1 Å². The normalized spacial score (nSPS) is 10.5. The number of para-hydroxylation sites is 1. The lowest BCUT2D eigenvalue weighted by atomic mass is 10.3. The minimum atomic E-state index is -0.955. The minimum absolute atomic E-state index is 0.164. The number of imidazole rings is 1. The zero-order chi connectivity index (χ0) is 12.4. The molecule has 2 rings (SSSR count). The van der Waals surface area contributed by atoms with Crippen LogP contribution in [-0.2, 0) is 11.2 Å². The molecule has 1 N–H and O–H groups in total. The van der Waals surface area contributed by atoms with Crippen LogP contribution in [0.25, 0.3) is 5.69 Å². The SMILES string of the molecule is Cc1nc(CC(=O)O)cn1-c1ccccc1F. The Kier molecular flexibility index (Phi) is 2.91. The molecular formula is C12H11FN2O2. The van der Waals surface area contributed by atoms with Gasteiger partial charge < -0.3 is 9.67 Å². The van der Waals surface area contributed by atoms with E-state index in [-0.39, 0.29) is 12.2 Å². The number of nitrogens with zero attached hydrogens (tertiary/aromatic N) is 2. The molecule has 4 nitrogen and oxygen atoms in total. The second kappa shape index (κ2) is 4.37. The van der Waals surface area contributed by atoms with Gasteiger partial charge in [0.05, 0.1) is 17.8 Å². The lowest BCUT2D eigenvalue weighted by Crippen LogP contribution is -2.00. The largest absolute Gasteiger partial charge is 0.481 e. The highest BCUT2D eigenvalue weighted by molar-refractivity contribution is 5.69. The molecule has 5 heteroatoms. The van der Waals surface area contributed by atoms with E-state index < -0.39 is 5.97 Å². The molecule has 0 atom stereocenters. The van der Waals surface area contributed by atoms with Gasteiger partial charge in [-0.2, -0.15) is 0 Å². The number of carbonyl (C=O) groups is 1. The van der Waals surface area contributed by atoms with Crippen molar-refractivity contribution in [2.75, 3.05) is 0 Å². The standard InChI is InChI=1S/C12H11FN2O2/c1-8-14-9(6-12(16)17)7-15(8)11-5-3-2-4-10(11)13/h2-5,7H,6H2,1H3,(H,16,17). The lowest BCUT2D eigenvalue weighted by Gasteiger charge is -2.05. The molecule has 0 aliphatic carbocycles. The van der Waals surface area contributed by atoms with Crippen molar-refractivity contribution in [3.8, 4) is 5.69 Å². The summed E-state index contributed by atoms with van der Waals surface area (Å²) in [4.78, 5) is 14.7. The van der Waals surface area contributed by atoms with Gasteiger partial charge >= 0.3 is 5.97 Å². The Morgan fingerprint density at radius 1 is 1.47 bits per heavy atom. The quantitative estimate of drug-likeness (QED) is 0.883. The molecule has 0 bridgehead atoms. The van der Waals surface area contributed by atoms with E-state index in [0.29, 0.717) is 17.2 Å². The minimum Gasteiger partial charge on any atom is -0.481 e. The zero-order valence-corrected chi connectivity index (χ0v) is 9.22. The van der Waals surface area contributed by atoms with E-state index in [1.165, 1.54) is 6.07 Å². The van der Waals surface area contributed by atoms with Gasteiger partial charge in [-0.3, -0.25) is 4.79 Å². The molecule has 0 fully saturated rings. The summed E-state index contributed by atoms with van der Waals surface area (Å²) in [6, 6.07) is 6.29. The highest BCUT2D eigenvalue weighted by Crippen LogP contribution is 2.16. The number of carboxylic acids is 1. The topological polar surface area (TPSA) is 55.1 Å². The predicted octanol–water partition coefficient (Wildman–Crippen LogP) is 1.95. The summed E-state index contributed by atoms with van der Waals surface area (Å²) >= 11 is 0. The van der Waals surface area contributed by atoms with Crippen LogP contribution in [0.1, 0.15) is 11.5 Å². The molecule has 1 aromatic heterocycles. The van der Waals surface area contributed by atoms with Crippen LogP contribution in [0.4, 0.5) is 4.39 Å². The van der Waals surface area contributed by atoms with E-state index in [0.717, 1.165) is 0 Å². The van der Waals surface area contributed by atoms with Gasteiger partial charge in [0.15, 0.2) is 0 Å². The van der Waals surface area contributed by atoms with Gasteiger partial charge in [0.2, 0.25) is 0 Å². The molecule has 0 unspecified atom stereocenters. The fraction of sp³-hybridized carbons (Fsp3) is 0.167. The van der Waals surface area contributed by atoms with E-state index in [1.54, 1.807) is 35.9 Å². The molecule has 0 amide bonds. The lowest BCUT2D eigenvalue weighted by molar-refractivity contribution is -0.136. The Morgan fingerprint density at radius 2 is 2.18 bits per heavy atom. The van der Waals surface area contributed by atoms with Crippen molar-refractivity contribution in [3.05, 3.63) is 47.8 Å². The first kappa shape index (κ1) is 11.3. The van der Waals surface area contributed by atoms with Crippen LogP contribution in [0.3, 0.4) is 0 Å². The van der Waals surface area contributed by atoms with Gasteiger partial charge in [0, 0.05) is 6.20 Å². The van der Waals surface area contributed by atoms with Crippen LogP contribution in [0, 0.1) is 12.7 Å². The number of halogens is 1. The van der Waals surface area contributed by atoms with Gasteiger partial charge in [-0.25, -0.2) is 9.37 Å². The number of benzene rings is 1. The number of rotatable bonds is 3. The maximum absolute atomic E-state index is 13.6. The Labute approximate surface area is 97.3 Å². The summed E-state index contributed by atoms with van der Waals surface area (Å²) in [5.74, 6) is -0.760. The maximum atomic E-state index is 13.6. The van der Waals surface area contributed by atoms with Crippen molar-refractivity contribution in [3.63, 3.8) is 0 Å². The predicted molar refractivity (Wildman–Crippen MR) is 59.6 cm³/mol. The molecule has 0 aliphatic heterocycles. The molecule has 17 heavy (non-hydrogen) atoms. The monoisotopic (exact) mass is 234 g/mol. The van der Waals surface area contributed by atoms with Crippen LogP contribution in [0.5, 0.6) is 0 Å². The first-order valence-electron chi connectivity index (χ1n) is 5.09. The highest BCUT2D eigenvalue weighted by atomic mass is 19.1. The molecular weight excluding hydrogens is 223 g/mol. The van der Waals surface area contributed by atoms with Crippen LogP contribution >= 0.6 is 0 Å². The van der Waals surface area contributed by atoms with E-state index in [2.05, 4.69) is 4.98 Å². The number of aromatic nitrogens is 2. The average molecular weight is 234 g/mol. The molecule has 88 valence electrons. The third-order valence-corrected chi connectivity index (χ3v) is 2.38. The molecule has 0 saturated carbocycles. The maximum Gasteiger partial charge on any atom is 0.309 e. The molecule has 1 aromatic carbocycles. The van der Waals surface area contributed by atoms with Gasteiger partial charge in [-0.15, -0.1) is 0 Å². The molecule has 0 radical (unpaired) electrons. The summed E-state index contributed by atoms with van der Waals surface area (Å²) in [5.41, 5.74) is 0.785. The number of aryl methyl sites for hydroxylation is 1. The molecule has 0 aliphatic rings. The summed E-state index contributed by atoms with van der Waals surface area (Å²) in [6.45, 7) is 1.71. The van der Waals surface area contributed by atoms with Crippen LogP contribution in [-0.4, -0.2) is 20.6 Å². The number of hydrogen-bond acceptors (Lipinski definition) is 2. The Morgan fingerprint density at radius 3 is 2.82 bits per heavy atom. The number of hydrogen-bond donors (Lipinski definition) is 1. The second-order valence-electron chi connectivity index (χ2n) is 3.67. The summed E-state index contributed by atoms with van der Waals surface area (Å²) in [6.07, 6.45) is 1.38. The third-order valence-electron chi connectivity index (χ3n) is 2.38. The van der Waals surface area contributed by atoms with E-state index >= 15 is 0 Å². The summed E-state index contributed by atoms with van der Waals surface area (Å²) < 4.78 is 15.1. The Bertz CT molecular complexity index is 563. The van der Waals surface area contributed by atoms with Crippen molar-refractivity contribution in [2.45, 2.75) is 13.3 Å². The van der Waals surface area contributed by atoms with Gasteiger partial charge in [0.1, 0.15) is 11.6 Å². The molecule has 0 spiro atoms. The second-order valence-corrected chi connectivity index (χ2v) is 3.67. The Hall–Kier alpha value is -2.17. The smallest absolute Gasteiger partial charge is 0.309 e. The summed E-state index contributed by atoms with van der Waals surface area (Å²) in [5, 5.41) is 8.67. The molecule has 0 saturated heterocycles. The van der Waals surface area contributed by atoms with Crippen molar-refractivity contribution < 1.29 is 14.3 Å². The van der Waals surface area contributed by atoms with Crippen molar-refractivity contribution in [1.29, 1.82) is 0 Å². The Balaban J connectivity index is 2.43. The zero-order valence-electron chi connectivity index (χ0n) is 9.22. The van der Waals surface area contributed by atoms with Crippen molar-refractivity contribution in [1.82, 2.24) is 9.55 Å². The van der Waals surface area contributed by atoms with E-state index in [4.69, 9.17) is 5.11 Å². The van der Waals surface area contributed by atoms with E-state index in [1.807, 2.05) is 0 Å². The first-order valence-corrected chi connectivity index (χ1v) is 5.09. The van der Waals surface area contributed by atoms with Gasteiger partial charge in [-0.1, -0.05) is 12.1 Å². The number of carboxylic acid groups (broad SMARTS) is 1. The van der Waals surface area contributed by atoms with Crippen molar-refractivity contribution >= 4 is 5.97 Å². The third kappa shape index (κ3) is 2.33. The fourth-order valence-corrected chi connectivity index (χ4v) is 1.66. The van der Waals surface area contributed by atoms with Crippen LogP contribution in [0.15, 0.2) is 30.5 Å². The highest BCUT2D eigenvalue weighted by Gasteiger charge is 2.11. The van der Waals surface area contributed by atoms with E-state index in [9.17, 15) is 9.18 Å². The van der Waals surface area contributed by atoms with Crippen molar-refractivity contribution in [2.24, 2.45) is 0 Å². The fourth-order valence-electron chi connectivity index (χ4n) is 1.66. The van der Waals surface area contributed by atoms with Gasteiger partial charge in [0.25, 0.3) is 0 Å². The molecule has 2 aromatic rings. The van der Waals surface area contributed by atoms with Crippen LogP contribution < -0.4 is 0 Å². The summed E-state index contributed by atoms with van der Waals surface area (Å²) in [7, 11) is 0. The molecule has 1 heterocycles. The average Bonchev–Trinajstić information content (AvgIpc) is 2.59. The first-order chi connectivity index (χ1) is 8.08.